The first-order chi connectivity index (χ1) is 8.29. The molecule has 1 N–H and O–H groups in total. The van der Waals surface area contributed by atoms with Crippen molar-refractivity contribution in [1.82, 2.24) is 10.2 Å². The molecule has 2 rings (SSSR count). The van der Waals surface area contributed by atoms with E-state index in [9.17, 15) is 4.79 Å². The smallest absolute Gasteiger partial charge is 0.229 e. The Morgan fingerprint density at radius 2 is 2.24 bits per heavy atom. The minimum Gasteiger partial charge on any atom is -0.300 e. The second-order valence-corrected chi connectivity index (χ2v) is 6.51. The van der Waals surface area contributed by atoms with E-state index in [1.54, 1.807) is 11.8 Å². The third-order valence-electron chi connectivity index (χ3n) is 2.79. The molecular weight excluding hydrogens is 254 g/mol. The first-order valence-corrected chi connectivity index (χ1v) is 7.87. The molecule has 1 fully saturated rings. The maximum absolute atomic E-state index is 11.9. The van der Waals surface area contributed by atoms with Crippen molar-refractivity contribution in [1.29, 1.82) is 0 Å². The molecule has 1 aromatic rings. The Bertz CT molecular complexity index is 375. The summed E-state index contributed by atoms with van der Waals surface area (Å²) in [5.74, 6) is 1.35. The van der Waals surface area contributed by atoms with Crippen LogP contribution in [-0.4, -0.2) is 21.9 Å². The Morgan fingerprint density at radius 1 is 1.47 bits per heavy atom. The molecule has 0 spiro atoms. The quantitative estimate of drug-likeness (QED) is 0.660. The van der Waals surface area contributed by atoms with Gasteiger partial charge in [-0.15, -0.1) is 10.2 Å². The van der Waals surface area contributed by atoms with Crippen molar-refractivity contribution in [2.24, 2.45) is 5.92 Å². The van der Waals surface area contributed by atoms with Gasteiger partial charge < -0.3 is 5.32 Å². The Labute approximate surface area is 110 Å². The molecule has 1 aliphatic rings. The minimum absolute atomic E-state index is 0.116. The summed E-state index contributed by atoms with van der Waals surface area (Å²) < 4.78 is 0.938. The van der Waals surface area contributed by atoms with Crippen LogP contribution in [0, 0.1) is 5.92 Å². The first-order valence-electron chi connectivity index (χ1n) is 6.06. The average Bonchev–Trinajstić information content (AvgIpc) is 2.97. The summed E-state index contributed by atoms with van der Waals surface area (Å²) in [7, 11) is 0. The van der Waals surface area contributed by atoms with Crippen LogP contribution in [0.15, 0.2) is 4.34 Å². The molecule has 94 valence electrons. The highest BCUT2D eigenvalue weighted by molar-refractivity contribution is 8.01. The van der Waals surface area contributed by atoms with Gasteiger partial charge in [-0.05, 0) is 19.3 Å². The number of carbonyl (C=O) groups excluding carboxylic acids is 1. The standard InChI is InChI=1S/C11H17N3OS2/c1-2-7-16-11-14-13-10(17-11)12-9(15)8-5-3-4-6-8/h8H,2-7H2,1H3,(H,12,13,15). The van der Waals surface area contributed by atoms with Crippen LogP contribution in [0.25, 0.3) is 0 Å². The number of amides is 1. The van der Waals surface area contributed by atoms with Gasteiger partial charge in [0.2, 0.25) is 11.0 Å². The monoisotopic (exact) mass is 271 g/mol. The number of nitrogens with one attached hydrogen (secondary N) is 1. The lowest BCUT2D eigenvalue weighted by Crippen LogP contribution is -2.20. The maximum atomic E-state index is 11.9. The van der Waals surface area contributed by atoms with Crippen molar-refractivity contribution in [3.63, 3.8) is 0 Å². The summed E-state index contributed by atoms with van der Waals surface area (Å²) in [5, 5.41) is 11.6. The molecule has 0 radical (unpaired) electrons. The molecule has 0 aromatic carbocycles. The molecule has 0 aliphatic heterocycles. The Hall–Kier alpha value is -0.620. The topological polar surface area (TPSA) is 54.9 Å². The number of rotatable bonds is 5. The number of thioether (sulfide) groups is 1. The van der Waals surface area contributed by atoms with Crippen molar-refractivity contribution < 1.29 is 4.79 Å². The second kappa shape index (κ2) is 6.35. The van der Waals surface area contributed by atoms with E-state index in [1.807, 2.05) is 0 Å². The summed E-state index contributed by atoms with van der Waals surface area (Å²) in [6, 6.07) is 0. The van der Waals surface area contributed by atoms with E-state index in [2.05, 4.69) is 22.4 Å². The SMILES string of the molecule is CCCSc1nnc(NC(=O)C2CCCC2)s1. The fraction of sp³-hybridized carbons (Fsp3) is 0.727. The van der Waals surface area contributed by atoms with E-state index < -0.39 is 0 Å². The first kappa shape index (κ1) is 12.8. The number of hydrogen-bond acceptors (Lipinski definition) is 5. The van der Waals surface area contributed by atoms with Crippen LogP contribution in [-0.2, 0) is 4.79 Å². The Kier molecular flexibility index (Phi) is 4.79. The van der Waals surface area contributed by atoms with E-state index in [-0.39, 0.29) is 11.8 Å². The molecule has 1 aromatic heterocycles. The third kappa shape index (κ3) is 3.67. The van der Waals surface area contributed by atoms with Gasteiger partial charge in [-0.25, -0.2) is 0 Å². The van der Waals surface area contributed by atoms with Gasteiger partial charge in [-0.1, -0.05) is 42.9 Å². The van der Waals surface area contributed by atoms with Gasteiger partial charge in [0.25, 0.3) is 0 Å². The van der Waals surface area contributed by atoms with Gasteiger partial charge in [0.15, 0.2) is 4.34 Å². The molecule has 1 aliphatic carbocycles. The van der Waals surface area contributed by atoms with Crippen LogP contribution in [0.2, 0.25) is 0 Å². The highest BCUT2D eigenvalue weighted by atomic mass is 32.2. The highest BCUT2D eigenvalue weighted by Crippen LogP contribution is 2.29. The largest absolute Gasteiger partial charge is 0.300 e. The number of anilines is 1. The van der Waals surface area contributed by atoms with Gasteiger partial charge in [0.1, 0.15) is 0 Å². The summed E-state index contributed by atoms with van der Waals surface area (Å²) in [6.45, 7) is 2.14. The van der Waals surface area contributed by atoms with Crippen molar-refractivity contribution in [2.75, 3.05) is 11.1 Å². The molecule has 4 nitrogen and oxygen atoms in total. The van der Waals surface area contributed by atoms with Crippen molar-refractivity contribution in [3.8, 4) is 0 Å². The van der Waals surface area contributed by atoms with Crippen LogP contribution in [0.3, 0.4) is 0 Å². The zero-order valence-corrected chi connectivity index (χ0v) is 11.6. The Morgan fingerprint density at radius 3 is 2.94 bits per heavy atom. The summed E-state index contributed by atoms with van der Waals surface area (Å²) in [6.07, 6.45) is 5.50. The molecular formula is C11H17N3OS2. The van der Waals surface area contributed by atoms with E-state index >= 15 is 0 Å². The second-order valence-electron chi connectivity index (χ2n) is 4.19. The van der Waals surface area contributed by atoms with Gasteiger partial charge in [0.05, 0.1) is 0 Å². The number of carbonyl (C=O) groups is 1. The molecule has 1 saturated carbocycles. The van der Waals surface area contributed by atoms with E-state index in [4.69, 9.17) is 0 Å². The van der Waals surface area contributed by atoms with Crippen LogP contribution in [0.4, 0.5) is 5.13 Å². The molecule has 0 unspecified atom stereocenters. The van der Waals surface area contributed by atoms with Crippen molar-refractivity contribution in [2.45, 2.75) is 43.4 Å². The average molecular weight is 271 g/mol. The zero-order valence-electron chi connectivity index (χ0n) is 9.94. The molecule has 0 bridgehead atoms. The zero-order chi connectivity index (χ0) is 12.1. The number of nitrogens with zero attached hydrogens (tertiary/aromatic N) is 2. The minimum atomic E-state index is 0.116. The fourth-order valence-corrected chi connectivity index (χ4v) is 3.58. The summed E-state index contributed by atoms with van der Waals surface area (Å²) in [5.41, 5.74) is 0. The van der Waals surface area contributed by atoms with Crippen LogP contribution >= 0.6 is 23.1 Å². The van der Waals surface area contributed by atoms with Gasteiger partial charge in [-0.2, -0.15) is 0 Å². The highest BCUT2D eigenvalue weighted by Gasteiger charge is 2.23. The lowest BCUT2D eigenvalue weighted by molar-refractivity contribution is -0.119. The van der Waals surface area contributed by atoms with Crippen LogP contribution < -0.4 is 5.32 Å². The molecule has 0 atom stereocenters. The van der Waals surface area contributed by atoms with Gasteiger partial charge >= 0.3 is 0 Å². The van der Waals surface area contributed by atoms with E-state index in [1.165, 1.54) is 24.2 Å². The van der Waals surface area contributed by atoms with Crippen molar-refractivity contribution >= 4 is 34.1 Å². The van der Waals surface area contributed by atoms with Crippen LogP contribution in [0.1, 0.15) is 39.0 Å². The molecule has 1 heterocycles. The summed E-state index contributed by atoms with van der Waals surface area (Å²) in [4.78, 5) is 11.9. The third-order valence-corrected chi connectivity index (χ3v) is 4.97. The number of aromatic nitrogens is 2. The predicted octanol–water partition coefficient (Wildman–Crippen LogP) is 3.17. The lowest BCUT2D eigenvalue weighted by Gasteiger charge is -2.06. The summed E-state index contributed by atoms with van der Waals surface area (Å²) >= 11 is 3.16. The number of hydrogen-bond donors (Lipinski definition) is 1. The molecule has 17 heavy (non-hydrogen) atoms. The van der Waals surface area contributed by atoms with E-state index in [0.29, 0.717) is 5.13 Å². The predicted molar refractivity (Wildman–Crippen MR) is 71.5 cm³/mol. The lowest BCUT2D eigenvalue weighted by atomic mass is 10.1. The Balaban J connectivity index is 1.85. The van der Waals surface area contributed by atoms with Crippen molar-refractivity contribution in [3.05, 3.63) is 0 Å². The van der Waals surface area contributed by atoms with Gasteiger partial charge in [-0.3, -0.25) is 4.79 Å². The molecule has 6 heteroatoms. The van der Waals surface area contributed by atoms with E-state index in [0.717, 1.165) is 29.4 Å². The normalized spacial score (nSPS) is 16.3. The maximum Gasteiger partial charge on any atom is 0.229 e. The molecule has 1 amide bonds. The molecule has 0 saturated heterocycles. The fourth-order valence-electron chi connectivity index (χ4n) is 1.90. The van der Waals surface area contributed by atoms with Gasteiger partial charge in [0, 0.05) is 11.7 Å². The van der Waals surface area contributed by atoms with Crippen LogP contribution in [0.5, 0.6) is 0 Å².